The van der Waals surface area contributed by atoms with E-state index < -0.39 is 34.4 Å². The summed E-state index contributed by atoms with van der Waals surface area (Å²) in [6.07, 6.45) is 1.35. The van der Waals surface area contributed by atoms with Crippen molar-refractivity contribution in [2.45, 2.75) is 6.04 Å². The van der Waals surface area contributed by atoms with Gasteiger partial charge in [0.25, 0.3) is 17.4 Å². The van der Waals surface area contributed by atoms with Crippen LogP contribution in [-0.4, -0.2) is 34.8 Å². The summed E-state index contributed by atoms with van der Waals surface area (Å²) in [7, 11) is 1.24. The van der Waals surface area contributed by atoms with Crippen LogP contribution in [0.25, 0.3) is 5.76 Å². The summed E-state index contributed by atoms with van der Waals surface area (Å²) in [4.78, 5) is 49.3. The van der Waals surface area contributed by atoms with E-state index in [9.17, 15) is 29.6 Å². The monoisotopic (exact) mass is 448 g/mol. The van der Waals surface area contributed by atoms with E-state index in [-0.39, 0.29) is 33.8 Å². The summed E-state index contributed by atoms with van der Waals surface area (Å²) in [5, 5.41) is 22.1. The minimum Gasteiger partial charge on any atom is -0.507 e. The molecular formula is C23H16N2O8. The fourth-order valence-corrected chi connectivity index (χ4v) is 3.61. The van der Waals surface area contributed by atoms with Gasteiger partial charge in [-0.15, -0.1) is 0 Å². The van der Waals surface area contributed by atoms with E-state index in [2.05, 4.69) is 4.74 Å². The first-order valence-corrected chi connectivity index (χ1v) is 9.61. The number of aliphatic hydroxyl groups excluding tert-OH is 1. The molecule has 1 amide bonds. The molecule has 0 aliphatic carbocycles. The van der Waals surface area contributed by atoms with Crippen molar-refractivity contribution < 1.29 is 33.6 Å². The third kappa shape index (κ3) is 3.74. The smallest absolute Gasteiger partial charge is 0.337 e. The van der Waals surface area contributed by atoms with E-state index in [1.807, 2.05) is 0 Å². The summed E-state index contributed by atoms with van der Waals surface area (Å²) in [6.45, 7) is 0. The topological polar surface area (TPSA) is 140 Å². The largest absolute Gasteiger partial charge is 0.507 e. The number of non-ortho nitro benzene ring substituents is 1. The Balaban J connectivity index is 1.87. The van der Waals surface area contributed by atoms with Gasteiger partial charge in [0.05, 0.1) is 29.4 Å². The lowest BCUT2D eigenvalue weighted by Crippen LogP contribution is -2.29. The molecule has 1 fully saturated rings. The minimum atomic E-state index is -1.14. The van der Waals surface area contributed by atoms with Gasteiger partial charge < -0.3 is 14.3 Å². The maximum absolute atomic E-state index is 13.0. The van der Waals surface area contributed by atoms with Gasteiger partial charge >= 0.3 is 5.97 Å². The first-order valence-electron chi connectivity index (χ1n) is 9.61. The number of nitro groups is 1. The third-order valence-corrected chi connectivity index (χ3v) is 5.15. The molecule has 0 spiro atoms. The number of ether oxygens (including phenoxy) is 1. The molecule has 1 saturated heterocycles. The van der Waals surface area contributed by atoms with Crippen LogP contribution in [0.15, 0.2) is 76.9 Å². The Hall–Kier alpha value is -4.73. The van der Waals surface area contributed by atoms with Gasteiger partial charge in [0.2, 0.25) is 0 Å². The molecule has 1 aliphatic rings. The van der Waals surface area contributed by atoms with E-state index in [0.29, 0.717) is 0 Å². The highest BCUT2D eigenvalue weighted by atomic mass is 16.6. The zero-order valence-electron chi connectivity index (χ0n) is 17.1. The molecule has 2 heterocycles. The summed E-state index contributed by atoms with van der Waals surface area (Å²) >= 11 is 0. The Bertz CT molecular complexity index is 1290. The zero-order chi connectivity index (χ0) is 23.7. The van der Waals surface area contributed by atoms with Crippen molar-refractivity contribution in [2.75, 3.05) is 12.0 Å². The molecule has 3 aromatic rings. The fourth-order valence-electron chi connectivity index (χ4n) is 3.61. The molecular weight excluding hydrogens is 432 g/mol. The molecule has 4 rings (SSSR count). The van der Waals surface area contributed by atoms with Crippen LogP contribution < -0.4 is 4.90 Å². The summed E-state index contributed by atoms with van der Waals surface area (Å²) < 4.78 is 10.1. The molecule has 1 unspecified atom stereocenters. The number of hydrogen-bond donors (Lipinski definition) is 1. The molecule has 1 aliphatic heterocycles. The molecule has 10 nitrogen and oxygen atoms in total. The van der Waals surface area contributed by atoms with Crippen LogP contribution in [0.1, 0.15) is 27.7 Å². The molecule has 0 bridgehead atoms. The van der Waals surface area contributed by atoms with Crippen LogP contribution in [0.2, 0.25) is 0 Å². The Morgan fingerprint density at radius 3 is 2.42 bits per heavy atom. The predicted molar refractivity (Wildman–Crippen MR) is 114 cm³/mol. The van der Waals surface area contributed by atoms with Crippen molar-refractivity contribution in [1.82, 2.24) is 0 Å². The highest BCUT2D eigenvalue weighted by molar-refractivity contribution is 6.51. The van der Waals surface area contributed by atoms with Crippen LogP contribution in [0.5, 0.6) is 0 Å². The van der Waals surface area contributed by atoms with Crippen molar-refractivity contribution in [2.24, 2.45) is 0 Å². The number of Topliss-reactive ketones (excluding diaryl/α,β-unsaturated/α-hetero) is 1. The number of anilines is 1. The van der Waals surface area contributed by atoms with E-state index >= 15 is 0 Å². The number of methoxy groups -OCH3 is 1. The number of carbonyl (C=O) groups is 3. The minimum absolute atomic E-state index is 0.000190. The maximum Gasteiger partial charge on any atom is 0.337 e. The van der Waals surface area contributed by atoms with Crippen molar-refractivity contribution in [1.29, 1.82) is 0 Å². The van der Waals surface area contributed by atoms with Gasteiger partial charge in [-0.1, -0.05) is 12.1 Å². The number of benzene rings is 2. The van der Waals surface area contributed by atoms with Gasteiger partial charge in [-0.05, 0) is 36.4 Å². The van der Waals surface area contributed by atoms with Crippen LogP contribution in [0, 0.1) is 10.1 Å². The Kier molecular flexibility index (Phi) is 5.49. The lowest BCUT2D eigenvalue weighted by atomic mass is 9.99. The van der Waals surface area contributed by atoms with E-state index in [4.69, 9.17) is 4.42 Å². The molecule has 2 aromatic carbocycles. The van der Waals surface area contributed by atoms with Crippen molar-refractivity contribution in [3.05, 3.63) is 99.5 Å². The Morgan fingerprint density at radius 1 is 1.09 bits per heavy atom. The van der Waals surface area contributed by atoms with Crippen molar-refractivity contribution in [3.63, 3.8) is 0 Å². The highest BCUT2D eigenvalue weighted by Crippen LogP contribution is 2.42. The van der Waals surface area contributed by atoms with E-state index in [1.165, 1.54) is 61.9 Å². The van der Waals surface area contributed by atoms with Gasteiger partial charge in [-0.2, -0.15) is 0 Å². The number of esters is 1. The zero-order valence-corrected chi connectivity index (χ0v) is 17.1. The molecule has 33 heavy (non-hydrogen) atoms. The van der Waals surface area contributed by atoms with E-state index in [0.717, 1.165) is 11.0 Å². The second-order valence-corrected chi connectivity index (χ2v) is 7.03. The Labute approximate surface area is 186 Å². The molecule has 10 heteroatoms. The first kappa shape index (κ1) is 21.5. The average molecular weight is 448 g/mol. The number of rotatable bonds is 5. The molecule has 1 atom stereocenters. The quantitative estimate of drug-likeness (QED) is 0.156. The normalized spacial score (nSPS) is 17.2. The van der Waals surface area contributed by atoms with Gasteiger partial charge in [-0.3, -0.25) is 24.6 Å². The number of ketones is 1. The number of nitro benzene ring substituents is 1. The standard InChI is InChI=1S/C23H16N2O8/c1-32-23(29)13-7-9-15(10-8-13)24-19(17-6-3-11-33-17)18(21(27)22(24)28)20(26)14-4-2-5-16(12-14)25(30)31/h2-12,19,26H,1H3/b20-18-. The lowest BCUT2D eigenvalue weighted by Gasteiger charge is -2.23. The predicted octanol–water partition coefficient (Wildman–Crippen LogP) is 3.60. The van der Waals surface area contributed by atoms with Crippen molar-refractivity contribution >= 4 is 34.8 Å². The molecule has 0 radical (unpaired) electrons. The second-order valence-electron chi connectivity index (χ2n) is 7.03. The number of aliphatic hydroxyl groups is 1. The number of furan rings is 1. The number of amides is 1. The van der Waals surface area contributed by atoms with Gasteiger partial charge in [-0.25, -0.2) is 4.79 Å². The highest BCUT2D eigenvalue weighted by Gasteiger charge is 2.48. The van der Waals surface area contributed by atoms with Crippen LogP contribution in [-0.2, 0) is 14.3 Å². The molecule has 0 saturated carbocycles. The number of hydrogen-bond acceptors (Lipinski definition) is 8. The summed E-state index contributed by atoms with van der Waals surface area (Å²) in [5.74, 6) is -2.88. The lowest BCUT2D eigenvalue weighted by molar-refractivity contribution is -0.384. The third-order valence-electron chi connectivity index (χ3n) is 5.15. The first-order chi connectivity index (χ1) is 15.8. The molecule has 1 aromatic heterocycles. The summed E-state index contributed by atoms with van der Waals surface area (Å²) in [5.41, 5.74) is -0.0678. The van der Waals surface area contributed by atoms with Gasteiger partial charge in [0, 0.05) is 23.4 Å². The van der Waals surface area contributed by atoms with Gasteiger partial charge in [0.15, 0.2) is 0 Å². The number of carbonyl (C=O) groups excluding carboxylic acids is 3. The average Bonchev–Trinajstić information content (AvgIpc) is 3.45. The maximum atomic E-state index is 13.0. The fraction of sp³-hybridized carbons (Fsp3) is 0.0870. The molecule has 166 valence electrons. The SMILES string of the molecule is COC(=O)c1ccc(N2C(=O)C(=O)/C(=C(\O)c3cccc([N+](=O)[O-])c3)C2c2ccco2)cc1. The van der Waals surface area contributed by atoms with Crippen LogP contribution in [0.4, 0.5) is 11.4 Å². The second kappa shape index (κ2) is 8.42. The van der Waals surface area contributed by atoms with Crippen LogP contribution in [0.3, 0.4) is 0 Å². The summed E-state index contributed by atoms with van der Waals surface area (Å²) in [6, 6.07) is 12.8. The number of nitrogens with zero attached hydrogens (tertiary/aromatic N) is 2. The van der Waals surface area contributed by atoms with Crippen LogP contribution >= 0.6 is 0 Å². The van der Waals surface area contributed by atoms with Crippen molar-refractivity contribution in [3.8, 4) is 0 Å². The molecule has 1 N–H and O–H groups in total. The Morgan fingerprint density at radius 2 is 1.82 bits per heavy atom. The van der Waals surface area contributed by atoms with E-state index in [1.54, 1.807) is 6.07 Å². The van der Waals surface area contributed by atoms with Gasteiger partial charge in [0.1, 0.15) is 17.6 Å².